The van der Waals surface area contributed by atoms with Gasteiger partial charge in [0.15, 0.2) is 4.34 Å². The van der Waals surface area contributed by atoms with Crippen LogP contribution in [0.25, 0.3) is 0 Å². The highest BCUT2D eigenvalue weighted by molar-refractivity contribution is 8.01. The summed E-state index contributed by atoms with van der Waals surface area (Å²) in [5, 5.41) is 23.4. The quantitative estimate of drug-likeness (QED) is 0.572. The Morgan fingerprint density at radius 1 is 1.27 bits per heavy atom. The van der Waals surface area contributed by atoms with Crippen molar-refractivity contribution in [2.45, 2.75) is 17.3 Å². The summed E-state index contributed by atoms with van der Waals surface area (Å²) in [6, 6.07) is 13.0. The molecule has 0 aliphatic heterocycles. The molecular weight excluding hydrogens is 370 g/mol. The summed E-state index contributed by atoms with van der Waals surface area (Å²) in [5.41, 5.74) is 1.62. The number of carbonyl (C=O) groups excluding carboxylic acids is 1. The molecule has 1 amide bonds. The molecule has 0 aliphatic carbocycles. The van der Waals surface area contributed by atoms with Crippen LogP contribution >= 0.6 is 23.1 Å². The maximum atomic E-state index is 12.0. The summed E-state index contributed by atoms with van der Waals surface area (Å²) in [5.74, 6) is 0.935. The highest BCUT2D eigenvalue weighted by atomic mass is 32.2. The number of benzene rings is 1. The van der Waals surface area contributed by atoms with E-state index in [1.165, 1.54) is 23.1 Å². The first kappa shape index (κ1) is 18.0. The van der Waals surface area contributed by atoms with E-state index in [1.807, 2.05) is 24.3 Å². The van der Waals surface area contributed by atoms with E-state index in [9.17, 15) is 4.79 Å². The summed E-state index contributed by atoms with van der Waals surface area (Å²) >= 11 is 2.72. The number of furan rings is 1. The number of rotatable bonds is 8. The Kier molecular flexibility index (Phi) is 6.24. The van der Waals surface area contributed by atoms with Gasteiger partial charge < -0.3 is 15.1 Å². The van der Waals surface area contributed by atoms with Gasteiger partial charge in [-0.1, -0.05) is 35.2 Å². The van der Waals surface area contributed by atoms with E-state index >= 15 is 0 Å². The number of anilines is 2. The third-order valence-electron chi connectivity index (χ3n) is 3.25. The highest BCUT2D eigenvalue weighted by Gasteiger charge is 2.09. The van der Waals surface area contributed by atoms with E-state index in [0.717, 1.165) is 11.3 Å². The predicted octanol–water partition coefficient (Wildman–Crippen LogP) is 3.54. The summed E-state index contributed by atoms with van der Waals surface area (Å²) in [4.78, 5) is 12.0. The number of nitriles is 1. The van der Waals surface area contributed by atoms with Crippen molar-refractivity contribution in [2.75, 3.05) is 16.4 Å². The van der Waals surface area contributed by atoms with Crippen LogP contribution in [0.1, 0.15) is 11.3 Å². The van der Waals surface area contributed by atoms with Gasteiger partial charge in [-0.3, -0.25) is 4.79 Å². The van der Waals surface area contributed by atoms with E-state index in [0.29, 0.717) is 28.1 Å². The van der Waals surface area contributed by atoms with Crippen molar-refractivity contribution >= 4 is 39.8 Å². The fourth-order valence-electron chi connectivity index (χ4n) is 2.04. The molecule has 0 saturated heterocycles. The topological polar surface area (TPSA) is 104 Å². The number of nitrogens with one attached hydrogen (secondary N) is 2. The van der Waals surface area contributed by atoms with Gasteiger partial charge in [-0.05, 0) is 29.8 Å². The molecule has 0 bridgehead atoms. The van der Waals surface area contributed by atoms with Gasteiger partial charge in [0.25, 0.3) is 0 Å². The van der Waals surface area contributed by atoms with Crippen LogP contribution in [0.15, 0.2) is 51.4 Å². The minimum Gasteiger partial charge on any atom is -0.467 e. The van der Waals surface area contributed by atoms with Crippen LogP contribution in [0, 0.1) is 11.3 Å². The number of amides is 1. The van der Waals surface area contributed by atoms with Gasteiger partial charge in [0, 0.05) is 5.69 Å². The second-order valence-corrected chi connectivity index (χ2v) is 7.37. The Balaban J connectivity index is 1.43. The van der Waals surface area contributed by atoms with Crippen LogP contribution in [0.3, 0.4) is 0 Å². The van der Waals surface area contributed by atoms with Gasteiger partial charge in [0.2, 0.25) is 11.0 Å². The van der Waals surface area contributed by atoms with Crippen molar-refractivity contribution in [3.05, 3.63) is 54.0 Å². The van der Waals surface area contributed by atoms with E-state index in [1.54, 1.807) is 18.4 Å². The maximum Gasteiger partial charge on any atom is 0.234 e. The first-order valence-electron chi connectivity index (χ1n) is 7.71. The number of hydrogen-bond acceptors (Lipinski definition) is 8. The Bertz CT molecular complexity index is 885. The average molecular weight is 385 g/mol. The molecule has 0 radical (unpaired) electrons. The number of hydrogen-bond donors (Lipinski definition) is 2. The van der Waals surface area contributed by atoms with Gasteiger partial charge in [-0.2, -0.15) is 5.26 Å². The Labute approximate surface area is 158 Å². The molecule has 1 aromatic carbocycles. The van der Waals surface area contributed by atoms with Crippen LogP contribution in [0.2, 0.25) is 0 Å². The average Bonchev–Trinajstić information content (AvgIpc) is 3.32. The van der Waals surface area contributed by atoms with Gasteiger partial charge in [-0.25, -0.2) is 0 Å². The lowest BCUT2D eigenvalue weighted by Crippen LogP contribution is -2.13. The molecule has 3 aromatic rings. The zero-order valence-corrected chi connectivity index (χ0v) is 15.3. The molecule has 132 valence electrons. The van der Waals surface area contributed by atoms with Crippen LogP contribution in [0.4, 0.5) is 10.8 Å². The standard InChI is InChI=1S/C17H15N5O2S2/c18-8-7-12-3-5-13(6-4-12)20-15(23)11-25-17-22-21-16(26-17)19-10-14-2-1-9-24-14/h1-6,9H,7,10-11H2,(H,19,21)(H,20,23). The molecule has 9 heteroatoms. The maximum absolute atomic E-state index is 12.0. The van der Waals surface area contributed by atoms with E-state index in [-0.39, 0.29) is 11.7 Å². The molecule has 26 heavy (non-hydrogen) atoms. The molecule has 2 N–H and O–H groups in total. The SMILES string of the molecule is N#CCc1ccc(NC(=O)CSc2nnc(NCc3ccco3)s2)cc1. The van der Waals surface area contributed by atoms with Gasteiger partial charge in [-0.15, -0.1) is 10.2 Å². The lowest BCUT2D eigenvalue weighted by molar-refractivity contribution is -0.113. The molecular formula is C17H15N5O2S2. The molecule has 0 aliphatic rings. The van der Waals surface area contributed by atoms with E-state index in [4.69, 9.17) is 9.68 Å². The molecule has 7 nitrogen and oxygen atoms in total. The Hall–Kier alpha value is -2.83. The number of carbonyl (C=O) groups is 1. The fraction of sp³-hybridized carbons (Fsp3) is 0.176. The van der Waals surface area contributed by atoms with Crippen LogP contribution < -0.4 is 10.6 Å². The number of nitrogens with zero attached hydrogens (tertiary/aromatic N) is 3. The molecule has 3 rings (SSSR count). The predicted molar refractivity (Wildman–Crippen MR) is 101 cm³/mol. The van der Waals surface area contributed by atoms with Crippen molar-refractivity contribution < 1.29 is 9.21 Å². The van der Waals surface area contributed by atoms with Crippen molar-refractivity contribution in [1.29, 1.82) is 5.26 Å². The normalized spacial score (nSPS) is 10.3. The Morgan fingerprint density at radius 3 is 2.85 bits per heavy atom. The molecule has 2 aromatic heterocycles. The van der Waals surface area contributed by atoms with Gasteiger partial charge in [0.05, 0.1) is 31.1 Å². The van der Waals surface area contributed by atoms with Crippen molar-refractivity contribution in [3.8, 4) is 6.07 Å². The van der Waals surface area contributed by atoms with Crippen LogP contribution in [0.5, 0.6) is 0 Å². The lowest BCUT2D eigenvalue weighted by Gasteiger charge is -2.04. The first-order valence-corrected chi connectivity index (χ1v) is 9.51. The second-order valence-electron chi connectivity index (χ2n) is 5.17. The summed E-state index contributed by atoms with van der Waals surface area (Å²) in [7, 11) is 0. The first-order chi connectivity index (χ1) is 12.7. The Morgan fingerprint density at radius 2 is 2.12 bits per heavy atom. The minimum absolute atomic E-state index is 0.122. The number of thioether (sulfide) groups is 1. The molecule has 0 spiro atoms. The highest BCUT2D eigenvalue weighted by Crippen LogP contribution is 2.26. The number of aromatic nitrogens is 2. The second kappa shape index (κ2) is 9.03. The summed E-state index contributed by atoms with van der Waals surface area (Å²) in [6.07, 6.45) is 1.98. The molecule has 2 heterocycles. The largest absolute Gasteiger partial charge is 0.467 e. The molecule has 0 saturated carbocycles. The smallest absolute Gasteiger partial charge is 0.234 e. The van der Waals surface area contributed by atoms with E-state index < -0.39 is 0 Å². The zero-order chi connectivity index (χ0) is 18.2. The van der Waals surface area contributed by atoms with Crippen LogP contribution in [-0.4, -0.2) is 21.9 Å². The monoisotopic (exact) mass is 385 g/mol. The van der Waals surface area contributed by atoms with Gasteiger partial charge in [0.1, 0.15) is 5.76 Å². The molecule has 0 unspecified atom stereocenters. The van der Waals surface area contributed by atoms with Crippen molar-refractivity contribution in [1.82, 2.24) is 10.2 Å². The fourth-order valence-corrected chi connectivity index (χ4v) is 3.58. The van der Waals surface area contributed by atoms with Crippen molar-refractivity contribution in [3.63, 3.8) is 0 Å². The lowest BCUT2D eigenvalue weighted by atomic mass is 10.1. The summed E-state index contributed by atoms with van der Waals surface area (Å²) in [6.45, 7) is 0.536. The third-order valence-corrected chi connectivity index (χ3v) is 5.26. The summed E-state index contributed by atoms with van der Waals surface area (Å²) < 4.78 is 5.95. The zero-order valence-electron chi connectivity index (χ0n) is 13.6. The van der Waals surface area contributed by atoms with Gasteiger partial charge >= 0.3 is 0 Å². The van der Waals surface area contributed by atoms with Crippen LogP contribution in [-0.2, 0) is 17.8 Å². The minimum atomic E-state index is -0.122. The van der Waals surface area contributed by atoms with E-state index in [2.05, 4.69) is 26.9 Å². The molecule has 0 fully saturated rings. The molecule has 0 atom stereocenters. The van der Waals surface area contributed by atoms with Crippen molar-refractivity contribution in [2.24, 2.45) is 0 Å². The third kappa shape index (κ3) is 5.34.